The first-order valence-corrected chi connectivity index (χ1v) is 7.05. The molecule has 0 bridgehead atoms. The molecular weight excluding hydrogens is 304 g/mol. The molecule has 2 aromatic rings. The number of pyridine rings is 1. The predicted octanol–water partition coefficient (Wildman–Crippen LogP) is 2.64. The van der Waals surface area contributed by atoms with Gasteiger partial charge in [-0.2, -0.15) is 0 Å². The molecule has 1 N–H and O–H groups in total. The Hall–Kier alpha value is -1.40. The number of rotatable bonds is 3. The van der Waals surface area contributed by atoms with Crippen molar-refractivity contribution in [3.05, 3.63) is 53.1 Å². The average Bonchev–Trinajstić information content (AvgIpc) is 2.29. The molecular formula is C11H9BrN2O2S. The summed E-state index contributed by atoms with van der Waals surface area (Å²) in [6, 6.07) is 11.5. The van der Waals surface area contributed by atoms with E-state index in [-0.39, 0.29) is 10.7 Å². The zero-order valence-corrected chi connectivity index (χ0v) is 11.1. The Balaban J connectivity index is 2.30. The first-order chi connectivity index (χ1) is 8.08. The van der Waals surface area contributed by atoms with Gasteiger partial charge < -0.3 is 0 Å². The van der Waals surface area contributed by atoms with Crippen LogP contribution in [0.3, 0.4) is 0 Å². The standard InChI is InChI=1S/C11H9BrN2O2S/c12-9-6-7-13-11(8-9)14-17(15,16)10-4-2-1-3-5-10/h1-8H,(H,13,14). The van der Waals surface area contributed by atoms with Crippen molar-refractivity contribution in [1.29, 1.82) is 0 Å². The van der Waals surface area contributed by atoms with Gasteiger partial charge in [-0.05, 0) is 24.3 Å². The lowest BCUT2D eigenvalue weighted by molar-refractivity contribution is 0.601. The molecule has 0 aliphatic heterocycles. The first-order valence-electron chi connectivity index (χ1n) is 4.77. The molecule has 88 valence electrons. The summed E-state index contributed by atoms with van der Waals surface area (Å²) < 4.78 is 27.1. The van der Waals surface area contributed by atoms with E-state index in [0.29, 0.717) is 0 Å². The maximum atomic E-state index is 11.9. The fourth-order valence-corrected chi connectivity index (χ4v) is 2.61. The first kappa shape index (κ1) is 12.1. The van der Waals surface area contributed by atoms with Crippen LogP contribution in [0.15, 0.2) is 58.0 Å². The van der Waals surface area contributed by atoms with E-state index in [0.717, 1.165) is 4.47 Å². The average molecular weight is 313 g/mol. The fourth-order valence-electron chi connectivity index (χ4n) is 1.26. The molecule has 1 heterocycles. The Morgan fingerprint density at radius 1 is 1.12 bits per heavy atom. The van der Waals surface area contributed by atoms with E-state index in [1.807, 2.05) is 0 Å². The minimum atomic E-state index is -3.56. The molecule has 2 rings (SSSR count). The van der Waals surface area contributed by atoms with Crippen LogP contribution in [-0.2, 0) is 10.0 Å². The van der Waals surface area contributed by atoms with Crippen LogP contribution in [0.1, 0.15) is 0 Å². The van der Waals surface area contributed by atoms with Crippen LogP contribution in [0.25, 0.3) is 0 Å². The number of benzene rings is 1. The second-order valence-corrected chi connectivity index (χ2v) is 5.88. The van der Waals surface area contributed by atoms with E-state index >= 15 is 0 Å². The largest absolute Gasteiger partial charge is 0.263 e. The van der Waals surface area contributed by atoms with Crippen LogP contribution >= 0.6 is 15.9 Å². The van der Waals surface area contributed by atoms with E-state index in [9.17, 15) is 8.42 Å². The van der Waals surface area contributed by atoms with E-state index in [4.69, 9.17) is 0 Å². The summed E-state index contributed by atoms with van der Waals surface area (Å²) in [7, 11) is -3.56. The van der Waals surface area contributed by atoms with Gasteiger partial charge in [0.2, 0.25) is 0 Å². The van der Waals surface area contributed by atoms with Gasteiger partial charge in [0, 0.05) is 10.7 Å². The minimum Gasteiger partial charge on any atom is -0.263 e. The van der Waals surface area contributed by atoms with Gasteiger partial charge in [-0.25, -0.2) is 13.4 Å². The Morgan fingerprint density at radius 2 is 1.82 bits per heavy atom. The van der Waals surface area contributed by atoms with Gasteiger partial charge in [-0.15, -0.1) is 0 Å². The number of halogens is 1. The van der Waals surface area contributed by atoms with Crippen LogP contribution in [0.4, 0.5) is 5.82 Å². The van der Waals surface area contributed by atoms with E-state index in [2.05, 4.69) is 25.6 Å². The summed E-state index contributed by atoms with van der Waals surface area (Å²) in [5.41, 5.74) is 0. The topological polar surface area (TPSA) is 59.1 Å². The van der Waals surface area contributed by atoms with Gasteiger partial charge >= 0.3 is 0 Å². The third-order valence-corrected chi connectivity index (χ3v) is 3.88. The number of anilines is 1. The highest BCUT2D eigenvalue weighted by molar-refractivity contribution is 9.10. The number of nitrogens with zero attached hydrogens (tertiary/aromatic N) is 1. The summed E-state index contributed by atoms with van der Waals surface area (Å²) in [5, 5.41) is 0. The molecule has 1 aromatic carbocycles. The Kier molecular flexibility index (Phi) is 3.44. The van der Waals surface area contributed by atoms with Gasteiger partial charge in [0.15, 0.2) is 0 Å². The highest BCUT2D eigenvalue weighted by Crippen LogP contribution is 2.17. The molecule has 0 radical (unpaired) electrons. The molecule has 0 atom stereocenters. The number of nitrogens with one attached hydrogen (secondary N) is 1. The molecule has 6 heteroatoms. The predicted molar refractivity (Wildman–Crippen MR) is 69.2 cm³/mol. The van der Waals surface area contributed by atoms with Gasteiger partial charge in [-0.1, -0.05) is 34.1 Å². The zero-order chi connectivity index (χ0) is 12.3. The molecule has 4 nitrogen and oxygen atoms in total. The normalized spacial score (nSPS) is 11.1. The highest BCUT2D eigenvalue weighted by Gasteiger charge is 2.13. The Morgan fingerprint density at radius 3 is 2.47 bits per heavy atom. The Bertz CT molecular complexity index is 614. The Labute approximate surface area is 108 Å². The quantitative estimate of drug-likeness (QED) is 0.947. The van der Waals surface area contributed by atoms with Gasteiger partial charge in [-0.3, -0.25) is 4.72 Å². The molecule has 0 amide bonds. The second kappa shape index (κ2) is 4.85. The lowest BCUT2D eigenvalue weighted by Gasteiger charge is -2.06. The summed E-state index contributed by atoms with van der Waals surface area (Å²) in [5.74, 6) is 0.281. The lowest BCUT2D eigenvalue weighted by Crippen LogP contribution is -2.13. The van der Waals surface area contributed by atoms with Crippen molar-refractivity contribution < 1.29 is 8.42 Å². The zero-order valence-electron chi connectivity index (χ0n) is 8.67. The molecule has 0 aliphatic carbocycles. The summed E-state index contributed by atoms with van der Waals surface area (Å²) in [6.45, 7) is 0. The van der Waals surface area contributed by atoms with Crippen molar-refractivity contribution in [2.24, 2.45) is 0 Å². The minimum absolute atomic E-state index is 0.210. The maximum absolute atomic E-state index is 11.9. The van der Waals surface area contributed by atoms with Crippen LogP contribution < -0.4 is 4.72 Å². The number of hydrogen-bond donors (Lipinski definition) is 1. The van der Waals surface area contributed by atoms with Crippen molar-refractivity contribution >= 4 is 31.8 Å². The van der Waals surface area contributed by atoms with Gasteiger partial charge in [0.05, 0.1) is 4.90 Å². The van der Waals surface area contributed by atoms with Crippen molar-refractivity contribution in [3.8, 4) is 0 Å². The van der Waals surface area contributed by atoms with Crippen LogP contribution in [0.2, 0.25) is 0 Å². The SMILES string of the molecule is O=S(=O)(Nc1cc(Br)ccn1)c1ccccc1. The van der Waals surface area contributed by atoms with Crippen molar-refractivity contribution in [2.75, 3.05) is 4.72 Å². The van der Waals surface area contributed by atoms with Crippen molar-refractivity contribution in [3.63, 3.8) is 0 Å². The van der Waals surface area contributed by atoms with Crippen LogP contribution in [0, 0.1) is 0 Å². The molecule has 0 saturated heterocycles. The van der Waals surface area contributed by atoms with Gasteiger partial charge in [0.1, 0.15) is 5.82 Å². The molecule has 1 aromatic heterocycles. The van der Waals surface area contributed by atoms with Gasteiger partial charge in [0.25, 0.3) is 10.0 Å². The van der Waals surface area contributed by atoms with Crippen molar-refractivity contribution in [2.45, 2.75) is 4.90 Å². The third kappa shape index (κ3) is 3.04. The number of sulfonamides is 1. The molecule has 17 heavy (non-hydrogen) atoms. The number of hydrogen-bond acceptors (Lipinski definition) is 3. The summed E-state index contributed by atoms with van der Waals surface area (Å²) in [4.78, 5) is 4.14. The maximum Gasteiger partial charge on any atom is 0.263 e. The smallest absolute Gasteiger partial charge is 0.263 e. The molecule has 0 fully saturated rings. The summed E-state index contributed by atoms with van der Waals surface area (Å²) in [6.07, 6.45) is 1.52. The molecule has 0 unspecified atom stereocenters. The van der Waals surface area contributed by atoms with E-state index in [1.54, 1.807) is 30.3 Å². The van der Waals surface area contributed by atoms with E-state index in [1.165, 1.54) is 18.3 Å². The lowest BCUT2D eigenvalue weighted by atomic mass is 10.4. The molecule has 0 saturated carbocycles. The van der Waals surface area contributed by atoms with Crippen LogP contribution in [0.5, 0.6) is 0 Å². The second-order valence-electron chi connectivity index (χ2n) is 3.28. The monoisotopic (exact) mass is 312 g/mol. The number of aromatic nitrogens is 1. The molecule has 0 spiro atoms. The fraction of sp³-hybridized carbons (Fsp3) is 0. The third-order valence-electron chi connectivity index (χ3n) is 2.01. The van der Waals surface area contributed by atoms with Crippen molar-refractivity contribution in [1.82, 2.24) is 4.98 Å². The molecule has 0 aliphatic rings. The highest BCUT2D eigenvalue weighted by atomic mass is 79.9. The van der Waals surface area contributed by atoms with E-state index < -0.39 is 10.0 Å². The summed E-state index contributed by atoms with van der Waals surface area (Å²) >= 11 is 3.25. The van der Waals surface area contributed by atoms with Crippen LogP contribution in [-0.4, -0.2) is 13.4 Å².